The van der Waals surface area contributed by atoms with E-state index in [0.29, 0.717) is 0 Å². The van der Waals surface area contributed by atoms with Gasteiger partial charge in [0.2, 0.25) is 0 Å². The maximum Gasteiger partial charge on any atom is -0.0274 e. The van der Waals surface area contributed by atoms with Crippen molar-refractivity contribution in [3.05, 3.63) is 0 Å². The predicted octanol–water partition coefficient (Wildman–Crippen LogP) is 4.78. The van der Waals surface area contributed by atoms with E-state index in [1.54, 1.807) is 0 Å². The zero-order valence-corrected chi connectivity index (χ0v) is 10.0. The number of fused-ring (bicyclic) bond motifs is 3. The van der Waals surface area contributed by atoms with Crippen LogP contribution in [0.1, 0.15) is 71.6 Å². The Balaban J connectivity index is 2.13. The first-order valence-electron chi connectivity index (χ1n) is 6.73. The van der Waals surface area contributed by atoms with E-state index in [9.17, 15) is 0 Å². The van der Waals surface area contributed by atoms with Crippen molar-refractivity contribution < 1.29 is 0 Å². The standard InChI is InChI=1S/C14H26/c1-12(2)14-9-4-3-6-13(8-11-14)7-5-10-14/h12-13H,3-11H2,1-2H3/t13?,14-/m0/s1. The molecule has 0 spiro atoms. The minimum Gasteiger partial charge on any atom is -0.0622 e. The summed E-state index contributed by atoms with van der Waals surface area (Å²) in [7, 11) is 0. The molecule has 2 fully saturated rings. The third kappa shape index (κ3) is 1.99. The van der Waals surface area contributed by atoms with Crippen molar-refractivity contribution in [2.24, 2.45) is 17.3 Å². The van der Waals surface area contributed by atoms with Gasteiger partial charge in [-0.3, -0.25) is 0 Å². The first-order chi connectivity index (χ1) is 6.73. The molecule has 0 aliphatic heterocycles. The second-order valence-electron chi connectivity index (χ2n) is 6.06. The Morgan fingerprint density at radius 3 is 2.36 bits per heavy atom. The lowest BCUT2D eigenvalue weighted by molar-refractivity contribution is 0.127. The van der Waals surface area contributed by atoms with Crippen molar-refractivity contribution in [3.63, 3.8) is 0 Å². The summed E-state index contributed by atoms with van der Waals surface area (Å²) in [4.78, 5) is 0. The highest BCUT2D eigenvalue weighted by Gasteiger charge is 2.36. The second-order valence-corrected chi connectivity index (χ2v) is 6.06. The van der Waals surface area contributed by atoms with Crippen LogP contribution in [0, 0.1) is 17.3 Å². The molecular weight excluding hydrogens is 168 g/mol. The second kappa shape index (κ2) is 4.24. The lowest BCUT2D eigenvalue weighted by Crippen LogP contribution is -2.27. The molecule has 2 aliphatic rings. The average molecular weight is 194 g/mol. The van der Waals surface area contributed by atoms with Crippen LogP contribution in [0.25, 0.3) is 0 Å². The van der Waals surface area contributed by atoms with Gasteiger partial charge in [-0.05, 0) is 42.9 Å². The van der Waals surface area contributed by atoms with Crippen molar-refractivity contribution in [1.82, 2.24) is 0 Å². The van der Waals surface area contributed by atoms with E-state index in [2.05, 4.69) is 13.8 Å². The summed E-state index contributed by atoms with van der Waals surface area (Å²) >= 11 is 0. The molecule has 2 aliphatic carbocycles. The molecular formula is C14H26. The molecule has 2 atom stereocenters. The largest absolute Gasteiger partial charge is 0.0622 e. The Morgan fingerprint density at radius 2 is 1.57 bits per heavy atom. The molecule has 2 saturated carbocycles. The van der Waals surface area contributed by atoms with Gasteiger partial charge in [0.25, 0.3) is 0 Å². The SMILES string of the molecule is CC(C)[C@@]12CCCCC(CCC1)CC2. The zero-order chi connectivity index (χ0) is 10.0. The maximum absolute atomic E-state index is 2.46. The van der Waals surface area contributed by atoms with Crippen LogP contribution in [-0.2, 0) is 0 Å². The van der Waals surface area contributed by atoms with Gasteiger partial charge in [0.15, 0.2) is 0 Å². The Morgan fingerprint density at radius 1 is 0.857 bits per heavy atom. The van der Waals surface area contributed by atoms with E-state index < -0.39 is 0 Å². The summed E-state index contributed by atoms with van der Waals surface area (Å²) in [6.45, 7) is 4.92. The highest BCUT2D eigenvalue weighted by atomic mass is 14.4. The summed E-state index contributed by atoms with van der Waals surface area (Å²) in [6.07, 6.45) is 13.7. The molecule has 14 heavy (non-hydrogen) atoms. The van der Waals surface area contributed by atoms with Crippen LogP contribution < -0.4 is 0 Å². The monoisotopic (exact) mass is 194 g/mol. The van der Waals surface area contributed by atoms with Gasteiger partial charge in [-0.25, -0.2) is 0 Å². The number of hydrogen-bond acceptors (Lipinski definition) is 0. The number of rotatable bonds is 1. The maximum atomic E-state index is 2.46. The Bertz CT molecular complexity index is 178. The smallest absolute Gasteiger partial charge is 0.0274 e. The van der Waals surface area contributed by atoms with E-state index >= 15 is 0 Å². The van der Waals surface area contributed by atoms with Crippen LogP contribution in [0.4, 0.5) is 0 Å². The zero-order valence-electron chi connectivity index (χ0n) is 10.0. The molecule has 0 amide bonds. The van der Waals surface area contributed by atoms with E-state index in [1.165, 1.54) is 57.8 Å². The van der Waals surface area contributed by atoms with Crippen molar-refractivity contribution in [3.8, 4) is 0 Å². The molecule has 0 N–H and O–H groups in total. The topological polar surface area (TPSA) is 0 Å². The van der Waals surface area contributed by atoms with Crippen molar-refractivity contribution >= 4 is 0 Å². The fourth-order valence-corrected chi connectivity index (χ4v) is 3.82. The van der Waals surface area contributed by atoms with Crippen molar-refractivity contribution in [1.29, 1.82) is 0 Å². The molecule has 0 heteroatoms. The third-order valence-electron chi connectivity index (χ3n) is 5.10. The number of hydrogen-bond donors (Lipinski definition) is 0. The predicted molar refractivity (Wildman–Crippen MR) is 62.3 cm³/mol. The fraction of sp³-hybridized carbons (Fsp3) is 1.00. The Hall–Kier alpha value is 0. The Labute approximate surface area is 89.5 Å². The van der Waals surface area contributed by atoms with E-state index in [-0.39, 0.29) is 0 Å². The Kier molecular flexibility index (Phi) is 3.19. The quantitative estimate of drug-likeness (QED) is 0.563. The molecule has 2 rings (SSSR count). The van der Waals surface area contributed by atoms with Gasteiger partial charge in [0, 0.05) is 0 Å². The molecule has 0 aromatic heterocycles. The van der Waals surface area contributed by atoms with Crippen LogP contribution >= 0.6 is 0 Å². The van der Waals surface area contributed by atoms with Crippen LogP contribution in [0.15, 0.2) is 0 Å². The summed E-state index contributed by atoms with van der Waals surface area (Å²) < 4.78 is 0. The summed E-state index contributed by atoms with van der Waals surface area (Å²) in [6, 6.07) is 0. The molecule has 0 aromatic rings. The molecule has 82 valence electrons. The van der Waals surface area contributed by atoms with Gasteiger partial charge in [0.05, 0.1) is 0 Å². The van der Waals surface area contributed by atoms with Crippen LogP contribution in [0.3, 0.4) is 0 Å². The molecule has 1 unspecified atom stereocenters. The highest BCUT2D eigenvalue weighted by molar-refractivity contribution is 4.87. The van der Waals surface area contributed by atoms with Crippen LogP contribution in [0.2, 0.25) is 0 Å². The summed E-state index contributed by atoms with van der Waals surface area (Å²) in [5, 5.41) is 0. The lowest BCUT2D eigenvalue weighted by atomic mass is 9.67. The van der Waals surface area contributed by atoms with Gasteiger partial charge in [0.1, 0.15) is 0 Å². The lowest BCUT2D eigenvalue weighted by Gasteiger charge is -2.38. The average Bonchev–Trinajstić information content (AvgIpc) is 2.25. The van der Waals surface area contributed by atoms with Gasteiger partial charge < -0.3 is 0 Å². The van der Waals surface area contributed by atoms with E-state index in [0.717, 1.165) is 17.3 Å². The van der Waals surface area contributed by atoms with Gasteiger partial charge in [-0.1, -0.05) is 46.0 Å². The minimum atomic E-state index is 0.745. The fourth-order valence-electron chi connectivity index (χ4n) is 3.82. The highest BCUT2D eigenvalue weighted by Crippen LogP contribution is 2.48. The molecule has 0 heterocycles. The molecule has 0 saturated heterocycles. The van der Waals surface area contributed by atoms with Crippen molar-refractivity contribution in [2.75, 3.05) is 0 Å². The summed E-state index contributed by atoms with van der Waals surface area (Å²) in [5.41, 5.74) is 0.745. The molecule has 2 bridgehead atoms. The molecule has 0 aromatic carbocycles. The molecule has 0 nitrogen and oxygen atoms in total. The summed E-state index contributed by atoms with van der Waals surface area (Å²) in [5.74, 6) is 2.01. The van der Waals surface area contributed by atoms with E-state index in [4.69, 9.17) is 0 Å². The van der Waals surface area contributed by atoms with Crippen LogP contribution in [-0.4, -0.2) is 0 Å². The van der Waals surface area contributed by atoms with Gasteiger partial charge in [-0.2, -0.15) is 0 Å². The van der Waals surface area contributed by atoms with Crippen LogP contribution in [0.5, 0.6) is 0 Å². The normalized spacial score (nSPS) is 39.2. The van der Waals surface area contributed by atoms with Gasteiger partial charge in [-0.15, -0.1) is 0 Å². The van der Waals surface area contributed by atoms with Gasteiger partial charge >= 0.3 is 0 Å². The minimum absolute atomic E-state index is 0.745. The first-order valence-corrected chi connectivity index (χ1v) is 6.73. The van der Waals surface area contributed by atoms with E-state index in [1.807, 2.05) is 0 Å². The third-order valence-corrected chi connectivity index (χ3v) is 5.10. The van der Waals surface area contributed by atoms with Crippen molar-refractivity contribution in [2.45, 2.75) is 71.6 Å². The first kappa shape index (κ1) is 10.5. The molecule has 0 radical (unpaired) electrons.